The molecule has 2 rings (SSSR count). The van der Waals surface area contributed by atoms with Gasteiger partial charge in [-0.15, -0.1) is 11.3 Å². The molecule has 0 aliphatic rings. The van der Waals surface area contributed by atoms with Crippen LogP contribution in [0.1, 0.15) is 15.4 Å². The predicted molar refractivity (Wildman–Crippen MR) is 59.2 cm³/mol. The molecule has 0 saturated carbocycles. The van der Waals surface area contributed by atoms with Crippen molar-refractivity contribution in [2.24, 2.45) is 0 Å². The number of carbonyl (C=O) groups is 1. The van der Waals surface area contributed by atoms with Crippen molar-refractivity contribution >= 4 is 44.7 Å². The van der Waals surface area contributed by atoms with E-state index >= 15 is 0 Å². The van der Waals surface area contributed by atoms with E-state index in [2.05, 4.69) is 15.9 Å². The average molecular weight is 292 g/mol. The third-order valence-corrected chi connectivity index (χ3v) is 3.25. The van der Waals surface area contributed by atoms with Gasteiger partial charge >= 0.3 is 0 Å². The fourth-order valence-corrected chi connectivity index (χ4v) is 2.29. The lowest BCUT2D eigenvalue weighted by Gasteiger charge is -1.90. The van der Waals surface area contributed by atoms with Crippen molar-refractivity contribution in [3.63, 3.8) is 0 Å². The van der Waals surface area contributed by atoms with E-state index in [0.717, 1.165) is 0 Å². The Bertz CT molecular complexity index is 432. The van der Waals surface area contributed by atoms with Crippen LogP contribution in [0.5, 0.6) is 0 Å². The molecule has 0 amide bonds. The lowest BCUT2D eigenvalue weighted by Crippen LogP contribution is -1.95. The average Bonchev–Trinajstić information content (AvgIpc) is 2.73. The summed E-state index contributed by atoms with van der Waals surface area (Å²) in [5.74, 6) is 0.169. The maximum absolute atomic E-state index is 11.7. The van der Waals surface area contributed by atoms with Gasteiger partial charge in [-0.25, -0.2) is 0 Å². The topological polar surface area (TPSA) is 30.2 Å². The zero-order valence-electron chi connectivity index (χ0n) is 6.79. The molecule has 0 fully saturated rings. The molecule has 0 aromatic carbocycles. The van der Waals surface area contributed by atoms with Crippen LogP contribution in [0, 0.1) is 0 Å². The van der Waals surface area contributed by atoms with Gasteiger partial charge in [0.25, 0.3) is 0 Å². The lowest BCUT2D eigenvalue weighted by atomic mass is 10.2. The largest absolute Gasteiger partial charge is 0.446 e. The molecule has 0 bridgehead atoms. The standard InChI is InChI=1S/C9H4BrClO2S/c10-7-3-1-5(13-7)9(12)6-2-4-8(11)14-6/h1-4H. The van der Waals surface area contributed by atoms with Gasteiger partial charge < -0.3 is 4.42 Å². The molecule has 2 aromatic heterocycles. The highest BCUT2D eigenvalue weighted by Gasteiger charge is 2.14. The maximum Gasteiger partial charge on any atom is 0.238 e. The number of halogens is 2. The normalized spacial score (nSPS) is 10.4. The highest BCUT2D eigenvalue weighted by molar-refractivity contribution is 9.10. The third-order valence-electron chi connectivity index (χ3n) is 1.59. The highest BCUT2D eigenvalue weighted by Crippen LogP contribution is 2.25. The van der Waals surface area contributed by atoms with E-state index in [1.807, 2.05) is 0 Å². The summed E-state index contributed by atoms with van der Waals surface area (Å²) in [4.78, 5) is 12.3. The van der Waals surface area contributed by atoms with Gasteiger partial charge in [-0.1, -0.05) is 11.6 Å². The number of furan rings is 1. The van der Waals surface area contributed by atoms with Gasteiger partial charge in [-0.05, 0) is 40.2 Å². The molecule has 2 aromatic rings. The Kier molecular flexibility index (Phi) is 2.76. The van der Waals surface area contributed by atoms with E-state index in [4.69, 9.17) is 16.0 Å². The number of hydrogen-bond donors (Lipinski definition) is 0. The van der Waals surface area contributed by atoms with Crippen molar-refractivity contribution in [2.75, 3.05) is 0 Å². The van der Waals surface area contributed by atoms with Crippen molar-refractivity contribution < 1.29 is 9.21 Å². The Morgan fingerprint density at radius 2 is 2.14 bits per heavy atom. The number of thiophene rings is 1. The molecule has 14 heavy (non-hydrogen) atoms. The monoisotopic (exact) mass is 290 g/mol. The van der Waals surface area contributed by atoms with E-state index in [1.165, 1.54) is 11.3 Å². The van der Waals surface area contributed by atoms with Crippen molar-refractivity contribution in [2.45, 2.75) is 0 Å². The molecule has 2 heterocycles. The molecule has 0 radical (unpaired) electrons. The first kappa shape index (κ1) is 9.96. The molecule has 0 atom stereocenters. The first-order chi connectivity index (χ1) is 6.66. The summed E-state index contributed by atoms with van der Waals surface area (Å²) in [6, 6.07) is 6.69. The smallest absolute Gasteiger partial charge is 0.238 e. The van der Waals surface area contributed by atoms with Crippen molar-refractivity contribution in [3.05, 3.63) is 43.9 Å². The Hall–Kier alpha value is -0.580. The molecule has 0 spiro atoms. The minimum atomic E-state index is -0.146. The van der Waals surface area contributed by atoms with E-state index in [9.17, 15) is 4.79 Å². The van der Waals surface area contributed by atoms with Gasteiger partial charge in [0.1, 0.15) is 0 Å². The number of carbonyl (C=O) groups excluding carboxylic acids is 1. The molecule has 5 heteroatoms. The van der Waals surface area contributed by atoms with E-state index in [0.29, 0.717) is 19.6 Å². The maximum atomic E-state index is 11.7. The van der Waals surface area contributed by atoms with Crippen LogP contribution >= 0.6 is 38.9 Å². The molecular formula is C9H4BrClO2S. The van der Waals surface area contributed by atoms with Gasteiger partial charge in [0.2, 0.25) is 5.78 Å². The van der Waals surface area contributed by atoms with Crippen LogP contribution in [-0.2, 0) is 0 Å². The van der Waals surface area contributed by atoms with Gasteiger partial charge in [-0.2, -0.15) is 0 Å². The molecule has 72 valence electrons. The molecule has 0 N–H and O–H groups in total. The summed E-state index contributed by atoms with van der Waals surface area (Å²) in [6.45, 7) is 0. The van der Waals surface area contributed by atoms with Gasteiger partial charge in [0.05, 0.1) is 9.21 Å². The van der Waals surface area contributed by atoms with Crippen LogP contribution in [0.3, 0.4) is 0 Å². The molecule has 0 saturated heterocycles. The Morgan fingerprint density at radius 3 is 2.64 bits per heavy atom. The van der Waals surface area contributed by atoms with Gasteiger partial charge in [-0.3, -0.25) is 4.79 Å². The number of ketones is 1. The van der Waals surface area contributed by atoms with Crippen LogP contribution in [-0.4, -0.2) is 5.78 Å². The van der Waals surface area contributed by atoms with Crippen LogP contribution in [0.15, 0.2) is 33.4 Å². The summed E-state index contributed by atoms with van der Waals surface area (Å²) in [5.41, 5.74) is 0. The minimum absolute atomic E-state index is 0.146. The number of rotatable bonds is 2. The second-order valence-electron chi connectivity index (χ2n) is 2.54. The fourth-order valence-electron chi connectivity index (χ4n) is 0.994. The second kappa shape index (κ2) is 3.88. The fraction of sp³-hybridized carbons (Fsp3) is 0. The summed E-state index contributed by atoms with van der Waals surface area (Å²) < 4.78 is 6.28. The first-order valence-electron chi connectivity index (χ1n) is 3.72. The van der Waals surface area contributed by atoms with E-state index in [-0.39, 0.29) is 5.78 Å². The summed E-state index contributed by atoms with van der Waals surface area (Å²) in [6.07, 6.45) is 0. The summed E-state index contributed by atoms with van der Waals surface area (Å²) >= 11 is 10.1. The zero-order chi connectivity index (χ0) is 10.1. The lowest BCUT2D eigenvalue weighted by molar-refractivity contribution is 0.101. The SMILES string of the molecule is O=C(c1ccc(Br)o1)c1ccc(Cl)s1. The van der Waals surface area contributed by atoms with Crippen LogP contribution in [0.4, 0.5) is 0 Å². The van der Waals surface area contributed by atoms with Crippen LogP contribution in [0.2, 0.25) is 4.34 Å². The van der Waals surface area contributed by atoms with Crippen molar-refractivity contribution in [1.82, 2.24) is 0 Å². The van der Waals surface area contributed by atoms with Crippen LogP contribution in [0.25, 0.3) is 0 Å². The van der Waals surface area contributed by atoms with Gasteiger partial charge in [0.15, 0.2) is 10.4 Å². The quantitative estimate of drug-likeness (QED) is 0.783. The summed E-state index contributed by atoms with van der Waals surface area (Å²) in [5, 5.41) is 0. The molecule has 0 aliphatic carbocycles. The molecular weight excluding hydrogens is 288 g/mol. The third kappa shape index (κ3) is 1.92. The van der Waals surface area contributed by atoms with E-state index < -0.39 is 0 Å². The molecule has 0 unspecified atom stereocenters. The Morgan fingerprint density at radius 1 is 1.36 bits per heavy atom. The number of hydrogen-bond acceptors (Lipinski definition) is 3. The molecule has 2 nitrogen and oxygen atoms in total. The Balaban J connectivity index is 2.33. The summed E-state index contributed by atoms with van der Waals surface area (Å²) in [7, 11) is 0. The second-order valence-corrected chi connectivity index (χ2v) is 5.03. The Labute approximate surface area is 97.6 Å². The van der Waals surface area contributed by atoms with E-state index in [1.54, 1.807) is 24.3 Å². The first-order valence-corrected chi connectivity index (χ1v) is 5.71. The van der Waals surface area contributed by atoms with Crippen molar-refractivity contribution in [1.29, 1.82) is 0 Å². The highest BCUT2D eigenvalue weighted by atomic mass is 79.9. The predicted octanol–water partition coefficient (Wildman–Crippen LogP) is 3.99. The van der Waals surface area contributed by atoms with Gasteiger partial charge in [0, 0.05) is 0 Å². The minimum Gasteiger partial charge on any atom is -0.446 e. The zero-order valence-corrected chi connectivity index (χ0v) is 9.95. The van der Waals surface area contributed by atoms with Crippen LogP contribution < -0.4 is 0 Å². The van der Waals surface area contributed by atoms with Crippen molar-refractivity contribution in [3.8, 4) is 0 Å². The molecule has 0 aliphatic heterocycles.